The van der Waals surface area contributed by atoms with Crippen molar-refractivity contribution < 1.29 is 9.15 Å². The molecule has 0 radical (unpaired) electrons. The Bertz CT molecular complexity index is 515. The standard InChI is InChI=1S/C10H12N2O3/c1-14-5-7(11)6-2-3-8-9(4-6)15-10(13)12-8/h2-4,7H,5,11H2,1H3,(H,12,13). The van der Waals surface area contributed by atoms with Crippen molar-refractivity contribution in [2.75, 3.05) is 13.7 Å². The van der Waals surface area contributed by atoms with E-state index in [1.54, 1.807) is 19.2 Å². The number of ether oxygens (including phenoxy) is 1. The second kappa shape index (κ2) is 3.88. The van der Waals surface area contributed by atoms with Gasteiger partial charge in [0.05, 0.1) is 18.2 Å². The van der Waals surface area contributed by atoms with Crippen molar-refractivity contribution in [3.63, 3.8) is 0 Å². The van der Waals surface area contributed by atoms with Crippen LogP contribution in [0.4, 0.5) is 0 Å². The summed E-state index contributed by atoms with van der Waals surface area (Å²) in [6.45, 7) is 0.431. The van der Waals surface area contributed by atoms with Gasteiger partial charge in [0.1, 0.15) is 0 Å². The maximum absolute atomic E-state index is 10.9. The van der Waals surface area contributed by atoms with Crippen LogP contribution in [0, 0.1) is 0 Å². The van der Waals surface area contributed by atoms with E-state index >= 15 is 0 Å². The van der Waals surface area contributed by atoms with Gasteiger partial charge >= 0.3 is 5.76 Å². The minimum atomic E-state index is -0.456. The number of aromatic amines is 1. The lowest BCUT2D eigenvalue weighted by molar-refractivity contribution is 0.181. The molecule has 1 unspecified atom stereocenters. The van der Waals surface area contributed by atoms with Gasteiger partial charge in [-0.05, 0) is 17.7 Å². The summed E-state index contributed by atoms with van der Waals surface area (Å²) in [5.41, 5.74) is 7.92. The largest absolute Gasteiger partial charge is 0.417 e. The summed E-state index contributed by atoms with van der Waals surface area (Å²) in [7, 11) is 1.59. The van der Waals surface area contributed by atoms with Crippen LogP contribution in [0.25, 0.3) is 11.1 Å². The van der Waals surface area contributed by atoms with Crippen molar-refractivity contribution in [1.29, 1.82) is 0 Å². The number of rotatable bonds is 3. The van der Waals surface area contributed by atoms with Crippen LogP contribution >= 0.6 is 0 Å². The summed E-state index contributed by atoms with van der Waals surface area (Å²) in [4.78, 5) is 13.5. The lowest BCUT2D eigenvalue weighted by Crippen LogP contribution is -2.15. The van der Waals surface area contributed by atoms with Gasteiger partial charge in [0.2, 0.25) is 0 Å². The van der Waals surface area contributed by atoms with E-state index in [4.69, 9.17) is 14.9 Å². The monoisotopic (exact) mass is 208 g/mol. The Hall–Kier alpha value is -1.59. The molecule has 0 aliphatic rings. The molecule has 2 aromatic rings. The van der Waals surface area contributed by atoms with E-state index in [9.17, 15) is 4.79 Å². The number of oxazole rings is 1. The van der Waals surface area contributed by atoms with Crippen LogP contribution in [-0.2, 0) is 4.74 Å². The smallest absolute Gasteiger partial charge is 0.408 e. The lowest BCUT2D eigenvalue weighted by atomic mass is 10.1. The van der Waals surface area contributed by atoms with Crippen molar-refractivity contribution in [2.45, 2.75) is 6.04 Å². The van der Waals surface area contributed by atoms with Crippen LogP contribution < -0.4 is 11.5 Å². The molecule has 1 aromatic carbocycles. The average molecular weight is 208 g/mol. The number of hydrogen-bond donors (Lipinski definition) is 2. The van der Waals surface area contributed by atoms with Gasteiger partial charge in [-0.25, -0.2) is 4.79 Å². The topological polar surface area (TPSA) is 81.2 Å². The molecule has 0 amide bonds. The Morgan fingerprint density at radius 1 is 1.60 bits per heavy atom. The average Bonchev–Trinajstić information content (AvgIpc) is 2.57. The van der Waals surface area contributed by atoms with Gasteiger partial charge < -0.3 is 14.9 Å². The lowest BCUT2D eigenvalue weighted by Gasteiger charge is -2.09. The SMILES string of the molecule is COCC(N)c1ccc2[nH]c(=O)oc2c1. The molecule has 0 fully saturated rings. The van der Waals surface area contributed by atoms with Crippen LogP contribution in [0.1, 0.15) is 11.6 Å². The van der Waals surface area contributed by atoms with E-state index in [2.05, 4.69) is 4.98 Å². The number of hydrogen-bond acceptors (Lipinski definition) is 4. The molecule has 5 heteroatoms. The summed E-state index contributed by atoms with van der Waals surface area (Å²) in [5.74, 6) is -0.456. The van der Waals surface area contributed by atoms with E-state index in [0.717, 1.165) is 5.56 Å². The van der Waals surface area contributed by atoms with E-state index in [1.807, 2.05) is 6.07 Å². The molecule has 0 saturated heterocycles. The van der Waals surface area contributed by atoms with Gasteiger partial charge in [-0.1, -0.05) is 6.07 Å². The highest BCUT2D eigenvalue weighted by atomic mass is 16.5. The number of nitrogens with one attached hydrogen (secondary N) is 1. The maximum Gasteiger partial charge on any atom is 0.417 e. The molecule has 0 aliphatic carbocycles. The molecule has 1 aromatic heterocycles. The van der Waals surface area contributed by atoms with E-state index < -0.39 is 5.76 Å². The number of benzene rings is 1. The molecular weight excluding hydrogens is 196 g/mol. The predicted octanol–water partition coefficient (Wildman–Crippen LogP) is 0.767. The van der Waals surface area contributed by atoms with Crippen LogP contribution in [-0.4, -0.2) is 18.7 Å². The molecular formula is C10H12N2O3. The number of aromatic nitrogens is 1. The molecule has 3 N–H and O–H groups in total. The fourth-order valence-electron chi connectivity index (χ4n) is 1.47. The zero-order chi connectivity index (χ0) is 10.8. The van der Waals surface area contributed by atoms with Gasteiger partial charge in [-0.2, -0.15) is 0 Å². The molecule has 0 saturated carbocycles. The molecule has 0 spiro atoms. The van der Waals surface area contributed by atoms with Crippen molar-refractivity contribution in [1.82, 2.24) is 4.98 Å². The normalized spacial score (nSPS) is 13.2. The third-order valence-electron chi connectivity index (χ3n) is 2.22. The van der Waals surface area contributed by atoms with Gasteiger partial charge in [-0.3, -0.25) is 4.98 Å². The van der Waals surface area contributed by atoms with Gasteiger partial charge in [-0.15, -0.1) is 0 Å². The van der Waals surface area contributed by atoms with E-state index in [1.165, 1.54) is 0 Å². The summed E-state index contributed by atoms with van der Waals surface area (Å²) in [5, 5.41) is 0. The first-order chi connectivity index (χ1) is 7.20. The Morgan fingerprint density at radius 3 is 3.13 bits per heavy atom. The Kier molecular flexibility index (Phi) is 2.57. The molecule has 2 rings (SSSR count). The number of methoxy groups -OCH3 is 1. The Labute approximate surface area is 85.8 Å². The first-order valence-corrected chi connectivity index (χ1v) is 4.58. The van der Waals surface area contributed by atoms with Crippen molar-refractivity contribution in [3.8, 4) is 0 Å². The van der Waals surface area contributed by atoms with Crippen molar-refractivity contribution in [2.24, 2.45) is 5.73 Å². The predicted molar refractivity (Wildman–Crippen MR) is 55.6 cm³/mol. The number of fused-ring (bicyclic) bond motifs is 1. The number of nitrogens with two attached hydrogens (primary N) is 1. The summed E-state index contributed by atoms with van der Waals surface area (Å²) in [6, 6.07) is 5.15. The fourth-order valence-corrected chi connectivity index (χ4v) is 1.47. The third-order valence-corrected chi connectivity index (χ3v) is 2.22. The summed E-state index contributed by atoms with van der Waals surface area (Å²) >= 11 is 0. The Balaban J connectivity index is 2.41. The number of H-pyrrole nitrogens is 1. The quantitative estimate of drug-likeness (QED) is 0.780. The van der Waals surface area contributed by atoms with E-state index in [-0.39, 0.29) is 6.04 Å². The first kappa shape index (κ1) is 9.95. The molecule has 0 bridgehead atoms. The summed E-state index contributed by atoms with van der Waals surface area (Å²) < 4.78 is 9.88. The molecule has 5 nitrogen and oxygen atoms in total. The van der Waals surface area contributed by atoms with Gasteiger partial charge in [0, 0.05) is 7.11 Å². The molecule has 1 heterocycles. The fraction of sp³-hybridized carbons (Fsp3) is 0.300. The second-order valence-electron chi connectivity index (χ2n) is 3.33. The van der Waals surface area contributed by atoms with Crippen LogP contribution in [0.15, 0.2) is 27.4 Å². The first-order valence-electron chi connectivity index (χ1n) is 4.58. The third kappa shape index (κ3) is 1.93. The summed E-state index contributed by atoms with van der Waals surface area (Å²) in [6.07, 6.45) is 0. The van der Waals surface area contributed by atoms with Crippen molar-refractivity contribution in [3.05, 3.63) is 34.3 Å². The minimum Gasteiger partial charge on any atom is -0.408 e. The second-order valence-corrected chi connectivity index (χ2v) is 3.33. The van der Waals surface area contributed by atoms with Gasteiger partial charge in [0.15, 0.2) is 5.58 Å². The molecule has 80 valence electrons. The van der Waals surface area contributed by atoms with Crippen LogP contribution in [0.3, 0.4) is 0 Å². The van der Waals surface area contributed by atoms with Crippen molar-refractivity contribution >= 4 is 11.1 Å². The highest BCUT2D eigenvalue weighted by molar-refractivity contribution is 5.72. The molecule has 15 heavy (non-hydrogen) atoms. The Morgan fingerprint density at radius 2 is 2.40 bits per heavy atom. The highest BCUT2D eigenvalue weighted by Gasteiger charge is 2.08. The van der Waals surface area contributed by atoms with Crippen LogP contribution in [0.2, 0.25) is 0 Å². The zero-order valence-corrected chi connectivity index (χ0v) is 8.32. The van der Waals surface area contributed by atoms with E-state index in [0.29, 0.717) is 17.7 Å². The minimum absolute atomic E-state index is 0.209. The molecule has 0 aliphatic heterocycles. The zero-order valence-electron chi connectivity index (χ0n) is 8.32. The highest BCUT2D eigenvalue weighted by Crippen LogP contribution is 2.17. The maximum atomic E-state index is 10.9. The van der Waals surface area contributed by atoms with Gasteiger partial charge in [0.25, 0.3) is 0 Å². The van der Waals surface area contributed by atoms with Crippen LogP contribution in [0.5, 0.6) is 0 Å². The molecule has 1 atom stereocenters.